The molecule has 1 amide bonds. The topological polar surface area (TPSA) is 74.5 Å². The Hall–Kier alpha value is -3.29. The lowest BCUT2D eigenvalue weighted by Gasteiger charge is -2.32. The summed E-state index contributed by atoms with van der Waals surface area (Å²) in [5.41, 5.74) is 11.6. The zero-order chi connectivity index (χ0) is 22.9. The first-order valence-electron chi connectivity index (χ1n) is 11.4. The maximum atomic E-state index is 14.8. The number of nitrogens with one attached hydrogen (secondary N) is 1. The lowest BCUT2D eigenvalue weighted by Crippen LogP contribution is -2.43. The Bertz CT molecular complexity index is 1190. The number of hydrogen-bond acceptors (Lipinski definition) is 5. The number of nitrogens with two attached hydrogens (primary N) is 1. The average molecular weight is 446 g/mol. The van der Waals surface area contributed by atoms with Crippen molar-refractivity contribution in [1.29, 1.82) is 0 Å². The third kappa shape index (κ3) is 4.47. The largest absolute Gasteiger partial charge is 0.383 e. The van der Waals surface area contributed by atoms with E-state index in [2.05, 4.69) is 39.3 Å². The highest BCUT2D eigenvalue weighted by molar-refractivity contribution is 5.97. The summed E-state index contributed by atoms with van der Waals surface area (Å²) < 4.78 is 14.8. The van der Waals surface area contributed by atoms with E-state index in [4.69, 9.17) is 5.73 Å². The Morgan fingerprint density at radius 1 is 0.970 bits per heavy atom. The smallest absolute Gasteiger partial charge is 0.251 e. The van der Waals surface area contributed by atoms with Crippen molar-refractivity contribution in [2.45, 2.75) is 13.0 Å². The van der Waals surface area contributed by atoms with Gasteiger partial charge in [-0.15, -0.1) is 0 Å². The van der Waals surface area contributed by atoms with Gasteiger partial charge in [0.15, 0.2) is 0 Å². The fraction of sp³-hybridized carbons (Fsp3) is 0.308. The predicted octanol–water partition coefficient (Wildman–Crippen LogP) is 3.17. The van der Waals surface area contributed by atoms with Crippen LogP contribution in [0.15, 0.2) is 48.5 Å². The molecule has 1 saturated heterocycles. The molecule has 3 aromatic rings. The fourth-order valence-corrected chi connectivity index (χ4v) is 4.59. The summed E-state index contributed by atoms with van der Waals surface area (Å²) in [7, 11) is 2.15. The number of pyridine rings is 1. The highest BCUT2D eigenvalue weighted by atomic mass is 19.1. The summed E-state index contributed by atoms with van der Waals surface area (Å²) in [4.78, 5) is 20.8. The van der Waals surface area contributed by atoms with Gasteiger partial charge in [0.05, 0.1) is 0 Å². The molecule has 6 nitrogen and oxygen atoms in total. The van der Waals surface area contributed by atoms with Crippen molar-refractivity contribution in [2.75, 3.05) is 45.5 Å². The Morgan fingerprint density at radius 3 is 2.45 bits per heavy atom. The minimum Gasteiger partial charge on any atom is -0.383 e. The van der Waals surface area contributed by atoms with E-state index in [-0.39, 0.29) is 11.7 Å². The van der Waals surface area contributed by atoms with Crippen LogP contribution in [0.1, 0.15) is 21.5 Å². The second-order valence-electron chi connectivity index (χ2n) is 8.91. The van der Waals surface area contributed by atoms with Crippen molar-refractivity contribution in [3.8, 4) is 22.3 Å². The van der Waals surface area contributed by atoms with E-state index < -0.39 is 5.95 Å². The number of carbonyl (C=O) groups is 1. The number of carbonyl (C=O) groups excluding carboxylic acids is 1. The Balaban J connectivity index is 1.41. The molecule has 0 saturated carbocycles. The van der Waals surface area contributed by atoms with Gasteiger partial charge in [-0.05, 0) is 47.9 Å². The van der Waals surface area contributed by atoms with E-state index in [1.807, 2.05) is 24.3 Å². The Morgan fingerprint density at radius 2 is 1.70 bits per heavy atom. The van der Waals surface area contributed by atoms with Crippen molar-refractivity contribution in [3.63, 3.8) is 0 Å². The molecule has 33 heavy (non-hydrogen) atoms. The molecule has 0 aliphatic carbocycles. The average Bonchev–Trinajstić information content (AvgIpc) is 2.81. The summed E-state index contributed by atoms with van der Waals surface area (Å²) in [5.74, 6) is -0.506. The number of nitrogens with zero attached hydrogens (tertiary/aromatic N) is 3. The number of aromatic nitrogens is 1. The van der Waals surface area contributed by atoms with Gasteiger partial charge in [-0.3, -0.25) is 9.69 Å². The zero-order valence-electron chi connectivity index (χ0n) is 18.8. The van der Waals surface area contributed by atoms with Crippen LogP contribution in [-0.4, -0.2) is 60.5 Å². The van der Waals surface area contributed by atoms with Crippen molar-refractivity contribution in [3.05, 3.63) is 71.2 Å². The van der Waals surface area contributed by atoms with Gasteiger partial charge < -0.3 is 16.0 Å². The number of amides is 1. The van der Waals surface area contributed by atoms with Crippen LogP contribution in [0.3, 0.4) is 0 Å². The Kier molecular flexibility index (Phi) is 5.83. The van der Waals surface area contributed by atoms with E-state index in [0.29, 0.717) is 23.2 Å². The molecule has 0 unspecified atom stereocenters. The van der Waals surface area contributed by atoms with E-state index in [0.717, 1.165) is 55.8 Å². The van der Waals surface area contributed by atoms with Gasteiger partial charge >= 0.3 is 0 Å². The molecular weight excluding hydrogens is 417 g/mol. The van der Waals surface area contributed by atoms with Gasteiger partial charge in [-0.1, -0.05) is 36.4 Å². The third-order valence-corrected chi connectivity index (χ3v) is 6.61. The van der Waals surface area contributed by atoms with Crippen LogP contribution in [0, 0.1) is 5.95 Å². The summed E-state index contributed by atoms with van der Waals surface area (Å²) in [6, 6.07) is 15.4. The third-order valence-electron chi connectivity index (χ3n) is 6.61. The van der Waals surface area contributed by atoms with Gasteiger partial charge in [0.1, 0.15) is 5.82 Å². The van der Waals surface area contributed by atoms with E-state index in [1.54, 1.807) is 12.1 Å². The molecule has 2 aliphatic heterocycles. The minimum absolute atomic E-state index is 0.0645. The maximum absolute atomic E-state index is 14.8. The molecule has 7 heteroatoms. The fourth-order valence-electron chi connectivity index (χ4n) is 4.59. The highest BCUT2D eigenvalue weighted by Gasteiger charge is 2.19. The SMILES string of the molecule is CN1CCN(Cc2ccc(-c3cc(-c4ccc5c(c4)CCNC5=O)c(N)nc3F)cc2)CC1. The molecule has 3 heterocycles. The maximum Gasteiger partial charge on any atom is 0.251 e. The first-order valence-corrected chi connectivity index (χ1v) is 11.4. The van der Waals surface area contributed by atoms with E-state index >= 15 is 0 Å². The quantitative estimate of drug-likeness (QED) is 0.604. The number of benzene rings is 2. The van der Waals surface area contributed by atoms with Crippen molar-refractivity contribution < 1.29 is 9.18 Å². The van der Waals surface area contributed by atoms with Crippen molar-refractivity contribution >= 4 is 11.7 Å². The standard InChI is InChI=1S/C26H28FN5O/c1-31-10-12-32(13-11-31)16-17-2-4-18(5-3-17)22-15-23(25(28)30-24(22)27)19-6-7-21-20(14-19)8-9-29-26(21)33/h2-7,14-15H,8-13,16H2,1H3,(H2,28,30)(H,29,33). The molecule has 3 N–H and O–H groups in total. The van der Waals surface area contributed by atoms with Crippen LogP contribution in [0.5, 0.6) is 0 Å². The van der Waals surface area contributed by atoms with Crippen LogP contribution in [0.4, 0.5) is 10.2 Å². The van der Waals surface area contributed by atoms with E-state index in [9.17, 15) is 9.18 Å². The molecule has 1 fully saturated rings. The van der Waals surface area contributed by atoms with Gasteiger partial charge in [0, 0.05) is 56.0 Å². The van der Waals surface area contributed by atoms with Crippen LogP contribution in [-0.2, 0) is 13.0 Å². The first-order chi connectivity index (χ1) is 16.0. The number of halogens is 1. The number of fused-ring (bicyclic) bond motifs is 1. The van der Waals surface area contributed by atoms with Crippen LogP contribution >= 0.6 is 0 Å². The van der Waals surface area contributed by atoms with Gasteiger partial charge in [-0.2, -0.15) is 4.39 Å². The summed E-state index contributed by atoms with van der Waals surface area (Å²) in [5, 5.41) is 2.85. The summed E-state index contributed by atoms with van der Waals surface area (Å²) in [6.45, 7) is 5.77. The number of nitrogen functional groups attached to an aromatic ring is 1. The second kappa shape index (κ2) is 8.92. The first kappa shape index (κ1) is 21.6. The predicted molar refractivity (Wildman–Crippen MR) is 128 cm³/mol. The number of hydrogen-bond donors (Lipinski definition) is 2. The number of likely N-dealkylation sites (N-methyl/N-ethyl adjacent to an activating group) is 1. The lowest BCUT2D eigenvalue weighted by atomic mass is 9.94. The summed E-state index contributed by atoms with van der Waals surface area (Å²) >= 11 is 0. The van der Waals surface area contributed by atoms with Gasteiger partial charge in [0.25, 0.3) is 5.91 Å². The number of rotatable bonds is 4. The molecule has 0 atom stereocenters. The van der Waals surface area contributed by atoms with Gasteiger partial charge in [-0.25, -0.2) is 4.98 Å². The Labute approximate surface area is 193 Å². The molecule has 1 aromatic heterocycles. The normalized spacial score (nSPS) is 17.0. The van der Waals surface area contributed by atoms with Gasteiger partial charge in [0.2, 0.25) is 5.95 Å². The summed E-state index contributed by atoms with van der Waals surface area (Å²) in [6.07, 6.45) is 0.755. The van der Waals surface area contributed by atoms with E-state index in [1.165, 1.54) is 5.56 Å². The monoisotopic (exact) mass is 445 g/mol. The van der Waals surface area contributed by atoms with Crippen LogP contribution in [0.2, 0.25) is 0 Å². The second-order valence-corrected chi connectivity index (χ2v) is 8.91. The number of piperazine rings is 1. The molecule has 0 spiro atoms. The molecule has 5 rings (SSSR count). The lowest BCUT2D eigenvalue weighted by molar-refractivity contribution is 0.0946. The molecule has 0 bridgehead atoms. The van der Waals surface area contributed by atoms with Crippen LogP contribution < -0.4 is 11.1 Å². The minimum atomic E-state index is -0.583. The highest BCUT2D eigenvalue weighted by Crippen LogP contribution is 2.33. The molecule has 2 aromatic carbocycles. The number of anilines is 1. The van der Waals surface area contributed by atoms with Crippen molar-refractivity contribution in [2.24, 2.45) is 0 Å². The zero-order valence-corrected chi connectivity index (χ0v) is 18.8. The van der Waals surface area contributed by atoms with Crippen LogP contribution in [0.25, 0.3) is 22.3 Å². The molecule has 170 valence electrons. The molecule has 0 radical (unpaired) electrons. The molecule has 2 aliphatic rings. The van der Waals surface area contributed by atoms with Crippen molar-refractivity contribution in [1.82, 2.24) is 20.1 Å². The molecular formula is C26H28FN5O.